The minimum atomic E-state index is -2.87. The smallest absolute Gasteiger partial charge is 0.387 e. The Labute approximate surface area is 133 Å². The van der Waals surface area contributed by atoms with Crippen molar-refractivity contribution in [3.8, 4) is 5.75 Å². The number of hydrogen-bond donors (Lipinski definition) is 1. The summed E-state index contributed by atoms with van der Waals surface area (Å²) in [7, 11) is 0. The first kappa shape index (κ1) is 16.7. The molecule has 4 nitrogen and oxygen atoms in total. The third-order valence-electron chi connectivity index (χ3n) is 3.12. The van der Waals surface area contributed by atoms with Gasteiger partial charge in [-0.1, -0.05) is 24.6 Å². The molecule has 0 spiro atoms. The Balaban J connectivity index is 1.78. The maximum atomic E-state index is 12.1. The molecule has 0 saturated carbocycles. The van der Waals surface area contributed by atoms with Gasteiger partial charge in [0.15, 0.2) is 0 Å². The molecule has 1 N–H and O–H groups in total. The van der Waals surface area contributed by atoms with Gasteiger partial charge in [-0.2, -0.15) is 8.78 Å². The molecule has 0 aliphatic rings. The maximum absolute atomic E-state index is 12.1. The molecule has 0 fully saturated rings. The summed E-state index contributed by atoms with van der Waals surface area (Å²) in [6.45, 7) is 1.59. The monoisotopic (exact) mass is 329 g/mol. The molecular weight excluding hydrogens is 312 g/mol. The molecule has 2 aromatic rings. The van der Waals surface area contributed by atoms with Crippen LogP contribution < -0.4 is 10.1 Å². The SMILES string of the molecule is CC(CNCc1ccc(OC(F)F)c(Cl)c1)Cn1ccnc1. The van der Waals surface area contributed by atoms with Crippen molar-refractivity contribution in [1.82, 2.24) is 14.9 Å². The van der Waals surface area contributed by atoms with Crippen LogP contribution in [0.15, 0.2) is 36.9 Å². The Kier molecular flexibility index (Phi) is 6.15. The summed E-state index contributed by atoms with van der Waals surface area (Å²) in [6, 6.07) is 4.81. The number of nitrogens with zero attached hydrogens (tertiary/aromatic N) is 2. The topological polar surface area (TPSA) is 39.1 Å². The number of halogens is 3. The first-order valence-electron chi connectivity index (χ1n) is 6.94. The molecule has 22 heavy (non-hydrogen) atoms. The summed E-state index contributed by atoms with van der Waals surface area (Å²) < 4.78 is 30.6. The van der Waals surface area contributed by atoms with Gasteiger partial charge in [-0.3, -0.25) is 0 Å². The fourth-order valence-electron chi connectivity index (χ4n) is 2.13. The van der Waals surface area contributed by atoms with Crippen LogP contribution >= 0.6 is 11.6 Å². The third-order valence-corrected chi connectivity index (χ3v) is 3.41. The van der Waals surface area contributed by atoms with Crippen molar-refractivity contribution in [3.05, 3.63) is 47.5 Å². The van der Waals surface area contributed by atoms with E-state index in [9.17, 15) is 8.78 Å². The van der Waals surface area contributed by atoms with Crippen molar-refractivity contribution in [2.75, 3.05) is 6.54 Å². The van der Waals surface area contributed by atoms with Crippen LogP contribution in [-0.2, 0) is 13.1 Å². The van der Waals surface area contributed by atoms with Gasteiger partial charge in [-0.15, -0.1) is 0 Å². The van der Waals surface area contributed by atoms with Gasteiger partial charge in [0.05, 0.1) is 11.3 Å². The van der Waals surface area contributed by atoms with Gasteiger partial charge in [0, 0.05) is 25.5 Å². The van der Waals surface area contributed by atoms with Crippen LogP contribution in [0.5, 0.6) is 5.75 Å². The first-order valence-corrected chi connectivity index (χ1v) is 7.32. The lowest BCUT2D eigenvalue weighted by Crippen LogP contribution is -2.23. The molecule has 0 radical (unpaired) electrons. The second kappa shape index (κ2) is 8.10. The Bertz CT molecular complexity index is 578. The van der Waals surface area contributed by atoms with E-state index in [4.69, 9.17) is 11.6 Å². The lowest BCUT2D eigenvalue weighted by molar-refractivity contribution is -0.0497. The van der Waals surface area contributed by atoms with Gasteiger partial charge < -0.3 is 14.6 Å². The summed E-state index contributed by atoms with van der Waals surface area (Å²) in [5.74, 6) is 0.431. The molecule has 1 aromatic carbocycles. The molecule has 1 aromatic heterocycles. The van der Waals surface area contributed by atoms with Gasteiger partial charge in [0.1, 0.15) is 5.75 Å². The zero-order chi connectivity index (χ0) is 15.9. The standard InChI is InChI=1S/C15H18ClF2N3O/c1-11(9-21-5-4-19-10-21)7-20-8-12-2-3-14(13(16)6-12)22-15(17)18/h2-6,10-11,15,20H,7-9H2,1H3. The van der Waals surface area contributed by atoms with Crippen LogP contribution in [0.3, 0.4) is 0 Å². The fraction of sp³-hybridized carbons (Fsp3) is 0.400. The minimum absolute atomic E-state index is 0.00566. The van der Waals surface area contributed by atoms with Gasteiger partial charge >= 0.3 is 6.61 Å². The number of aromatic nitrogens is 2. The van der Waals surface area contributed by atoms with Crippen LogP contribution in [0.25, 0.3) is 0 Å². The lowest BCUT2D eigenvalue weighted by atomic mass is 10.1. The highest BCUT2D eigenvalue weighted by molar-refractivity contribution is 6.32. The van der Waals surface area contributed by atoms with Crippen molar-refractivity contribution >= 4 is 11.6 Å². The van der Waals surface area contributed by atoms with Crippen LogP contribution in [0.2, 0.25) is 5.02 Å². The average molecular weight is 330 g/mol. The maximum Gasteiger partial charge on any atom is 0.387 e. The number of ether oxygens (including phenoxy) is 1. The van der Waals surface area contributed by atoms with Crippen LogP contribution in [0, 0.1) is 5.92 Å². The molecule has 0 amide bonds. The zero-order valence-corrected chi connectivity index (χ0v) is 12.9. The molecule has 1 atom stereocenters. The van der Waals surface area contributed by atoms with E-state index in [1.165, 1.54) is 6.07 Å². The fourth-order valence-corrected chi connectivity index (χ4v) is 2.38. The molecule has 1 heterocycles. The second-order valence-electron chi connectivity index (χ2n) is 5.14. The molecular formula is C15H18ClF2N3O. The van der Waals surface area contributed by atoms with Crippen LogP contribution in [-0.4, -0.2) is 22.7 Å². The van der Waals surface area contributed by atoms with E-state index in [1.54, 1.807) is 24.7 Å². The number of nitrogens with one attached hydrogen (secondary N) is 1. The summed E-state index contributed by atoms with van der Waals surface area (Å²) in [4.78, 5) is 4.00. The van der Waals surface area contributed by atoms with E-state index in [-0.39, 0.29) is 10.8 Å². The van der Waals surface area contributed by atoms with E-state index in [2.05, 4.69) is 22.0 Å². The first-order chi connectivity index (χ1) is 10.5. The predicted molar refractivity (Wildman–Crippen MR) is 81.2 cm³/mol. The van der Waals surface area contributed by atoms with Crippen LogP contribution in [0.4, 0.5) is 8.78 Å². The van der Waals surface area contributed by atoms with E-state index in [0.29, 0.717) is 12.5 Å². The largest absolute Gasteiger partial charge is 0.433 e. The summed E-state index contributed by atoms with van der Waals surface area (Å²) in [5.41, 5.74) is 0.918. The average Bonchev–Trinajstić information content (AvgIpc) is 2.94. The van der Waals surface area contributed by atoms with Gasteiger partial charge in [-0.25, -0.2) is 4.98 Å². The number of benzene rings is 1. The van der Waals surface area contributed by atoms with E-state index >= 15 is 0 Å². The second-order valence-corrected chi connectivity index (χ2v) is 5.55. The minimum Gasteiger partial charge on any atom is -0.433 e. The molecule has 1 unspecified atom stereocenters. The van der Waals surface area contributed by atoms with Crippen molar-refractivity contribution in [2.24, 2.45) is 5.92 Å². The van der Waals surface area contributed by atoms with Gasteiger partial charge in [0.2, 0.25) is 0 Å². The quantitative estimate of drug-likeness (QED) is 0.805. The third kappa shape index (κ3) is 5.27. The van der Waals surface area contributed by atoms with Crippen LogP contribution in [0.1, 0.15) is 12.5 Å². The molecule has 0 saturated heterocycles. The summed E-state index contributed by atoms with van der Waals surface area (Å²) >= 11 is 5.91. The number of hydrogen-bond acceptors (Lipinski definition) is 3. The molecule has 0 bridgehead atoms. The predicted octanol–water partition coefficient (Wildman–Crippen LogP) is 3.56. The number of rotatable bonds is 8. The molecule has 2 rings (SSSR count). The van der Waals surface area contributed by atoms with Crippen molar-refractivity contribution < 1.29 is 13.5 Å². The molecule has 7 heteroatoms. The molecule has 120 valence electrons. The lowest BCUT2D eigenvalue weighted by Gasteiger charge is -2.14. The van der Waals surface area contributed by atoms with Gasteiger partial charge in [-0.05, 0) is 30.2 Å². The van der Waals surface area contributed by atoms with Crippen molar-refractivity contribution in [1.29, 1.82) is 0 Å². The van der Waals surface area contributed by atoms with Gasteiger partial charge in [0.25, 0.3) is 0 Å². The molecule has 0 aliphatic heterocycles. The van der Waals surface area contributed by atoms with Crippen molar-refractivity contribution in [2.45, 2.75) is 26.6 Å². The highest BCUT2D eigenvalue weighted by atomic mass is 35.5. The number of alkyl halides is 2. The highest BCUT2D eigenvalue weighted by Crippen LogP contribution is 2.26. The highest BCUT2D eigenvalue weighted by Gasteiger charge is 2.09. The zero-order valence-electron chi connectivity index (χ0n) is 12.2. The van der Waals surface area contributed by atoms with E-state index in [0.717, 1.165) is 18.7 Å². The Morgan fingerprint density at radius 1 is 1.41 bits per heavy atom. The molecule has 0 aliphatic carbocycles. The summed E-state index contributed by atoms with van der Waals surface area (Å²) in [6.07, 6.45) is 5.47. The Hall–Kier alpha value is -1.66. The van der Waals surface area contributed by atoms with Crippen molar-refractivity contribution in [3.63, 3.8) is 0 Å². The Morgan fingerprint density at radius 3 is 2.86 bits per heavy atom. The van der Waals surface area contributed by atoms with E-state index < -0.39 is 6.61 Å². The normalized spacial score (nSPS) is 12.6. The Morgan fingerprint density at radius 2 is 2.23 bits per heavy atom. The number of imidazole rings is 1. The summed E-state index contributed by atoms with van der Waals surface area (Å²) in [5, 5.41) is 3.51. The van der Waals surface area contributed by atoms with E-state index in [1.807, 2.05) is 10.8 Å².